The lowest BCUT2D eigenvalue weighted by molar-refractivity contribution is -0.0544. The highest BCUT2D eigenvalue weighted by molar-refractivity contribution is 5.91. The number of halogens is 3. The zero-order chi connectivity index (χ0) is 21.1. The summed E-state index contributed by atoms with van der Waals surface area (Å²) < 4.78 is 37.9. The van der Waals surface area contributed by atoms with Gasteiger partial charge in [0.15, 0.2) is 5.82 Å². The fourth-order valence-corrected chi connectivity index (χ4v) is 2.69. The van der Waals surface area contributed by atoms with E-state index in [-0.39, 0.29) is 23.0 Å². The van der Waals surface area contributed by atoms with Gasteiger partial charge in [-0.15, -0.1) is 0 Å². The Labute approximate surface area is 166 Å². The predicted octanol–water partition coefficient (Wildman–Crippen LogP) is 4.53. The van der Waals surface area contributed by atoms with Crippen LogP contribution in [0, 0.1) is 0 Å². The lowest BCUT2D eigenvalue weighted by Gasteiger charge is -2.10. The molecule has 0 aliphatic carbocycles. The number of pyridine rings is 2. The summed E-state index contributed by atoms with van der Waals surface area (Å²) in [6.45, 7) is 0. The molecule has 4 aromatic rings. The summed E-state index contributed by atoms with van der Waals surface area (Å²) in [6, 6.07) is 8.93. The molecule has 12 heteroatoms. The number of hydrogen-bond donors (Lipinski definition) is 3. The van der Waals surface area contributed by atoms with E-state index in [0.29, 0.717) is 22.5 Å². The molecule has 4 rings (SSSR count). The SMILES string of the molecule is O=C(Nc1cc(Nc2nc(-c3cccc(C(F)F)n3)nc3[nH]ccc23)ccn1)OF. The zero-order valence-electron chi connectivity index (χ0n) is 14.9. The number of nitrogens with zero attached hydrogens (tertiary/aromatic N) is 4. The number of alkyl halides is 2. The minimum atomic E-state index is -2.73. The monoisotopic (exact) mass is 415 g/mol. The van der Waals surface area contributed by atoms with Gasteiger partial charge in [-0.1, -0.05) is 6.07 Å². The van der Waals surface area contributed by atoms with E-state index in [1.54, 1.807) is 18.3 Å². The number of aromatic nitrogens is 5. The van der Waals surface area contributed by atoms with E-state index in [9.17, 15) is 18.1 Å². The van der Waals surface area contributed by atoms with Crippen LogP contribution in [-0.4, -0.2) is 31.0 Å². The van der Waals surface area contributed by atoms with Crippen molar-refractivity contribution in [1.82, 2.24) is 24.9 Å². The summed E-state index contributed by atoms with van der Waals surface area (Å²) in [5.74, 6) is 0.516. The van der Waals surface area contributed by atoms with Crippen LogP contribution >= 0.6 is 0 Å². The van der Waals surface area contributed by atoms with Gasteiger partial charge in [0.1, 0.15) is 28.7 Å². The van der Waals surface area contributed by atoms with Crippen molar-refractivity contribution in [2.75, 3.05) is 10.6 Å². The van der Waals surface area contributed by atoms with Gasteiger partial charge >= 0.3 is 6.09 Å². The van der Waals surface area contributed by atoms with Crippen LogP contribution in [0.4, 0.5) is 35.4 Å². The second kappa shape index (κ2) is 8.03. The first-order chi connectivity index (χ1) is 14.5. The minimum Gasteiger partial charge on any atom is -0.346 e. The first-order valence-corrected chi connectivity index (χ1v) is 8.47. The van der Waals surface area contributed by atoms with E-state index in [1.165, 1.54) is 30.5 Å². The molecular formula is C18H12F3N7O2. The molecule has 30 heavy (non-hydrogen) atoms. The molecule has 4 aromatic heterocycles. The van der Waals surface area contributed by atoms with Crippen LogP contribution in [-0.2, 0) is 4.94 Å². The number of hydrogen-bond acceptors (Lipinski definition) is 7. The summed E-state index contributed by atoms with van der Waals surface area (Å²) in [5.41, 5.74) is 0.706. The molecular weight excluding hydrogens is 403 g/mol. The van der Waals surface area contributed by atoms with Gasteiger partial charge in [-0.2, -0.15) is 0 Å². The average molecular weight is 415 g/mol. The third-order valence-corrected chi connectivity index (χ3v) is 3.96. The van der Waals surface area contributed by atoms with E-state index < -0.39 is 12.5 Å². The molecule has 0 bridgehead atoms. The summed E-state index contributed by atoms with van der Waals surface area (Å²) in [5, 5.41) is 5.76. The van der Waals surface area contributed by atoms with Crippen molar-refractivity contribution < 1.29 is 23.0 Å². The molecule has 0 saturated heterocycles. The van der Waals surface area contributed by atoms with Crippen LogP contribution in [0.25, 0.3) is 22.6 Å². The van der Waals surface area contributed by atoms with Gasteiger partial charge < -0.3 is 10.3 Å². The molecule has 0 aliphatic rings. The molecule has 0 atom stereocenters. The van der Waals surface area contributed by atoms with Gasteiger partial charge in [0.2, 0.25) is 0 Å². The van der Waals surface area contributed by atoms with Crippen molar-refractivity contribution in [3.8, 4) is 11.5 Å². The van der Waals surface area contributed by atoms with Gasteiger partial charge in [0.05, 0.1) is 5.39 Å². The van der Waals surface area contributed by atoms with Gasteiger partial charge in [-0.3, -0.25) is 5.32 Å². The zero-order valence-corrected chi connectivity index (χ0v) is 14.9. The maximum absolute atomic E-state index is 13.0. The molecule has 9 nitrogen and oxygen atoms in total. The predicted molar refractivity (Wildman–Crippen MR) is 101 cm³/mol. The minimum absolute atomic E-state index is 0.0357. The van der Waals surface area contributed by atoms with E-state index >= 15 is 0 Å². The first-order valence-electron chi connectivity index (χ1n) is 8.47. The van der Waals surface area contributed by atoms with Gasteiger partial charge in [-0.25, -0.2) is 38.5 Å². The van der Waals surface area contributed by atoms with Crippen LogP contribution in [0.2, 0.25) is 0 Å². The van der Waals surface area contributed by atoms with Gasteiger partial charge in [-0.05, 0) is 24.3 Å². The number of fused-ring (bicyclic) bond motifs is 1. The maximum atomic E-state index is 13.0. The Hall–Kier alpha value is -4.22. The Kier molecular flexibility index (Phi) is 5.11. The number of carbonyl (C=O) groups is 1. The molecule has 0 aliphatic heterocycles. The van der Waals surface area contributed by atoms with E-state index in [0.717, 1.165) is 0 Å². The van der Waals surface area contributed by atoms with Crippen LogP contribution in [0.5, 0.6) is 0 Å². The molecule has 152 valence electrons. The summed E-state index contributed by atoms with van der Waals surface area (Å²) >= 11 is 0. The van der Waals surface area contributed by atoms with Crippen molar-refractivity contribution >= 4 is 34.4 Å². The average Bonchev–Trinajstić information content (AvgIpc) is 3.23. The molecule has 4 heterocycles. The molecule has 0 fully saturated rings. The van der Waals surface area contributed by atoms with E-state index in [2.05, 4.69) is 40.5 Å². The van der Waals surface area contributed by atoms with Crippen LogP contribution in [0.3, 0.4) is 0 Å². The topological polar surface area (TPSA) is 118 Å². The van der Waals surface area contributed by atoms with Gasteiger partial charge in [0.25, 0.3) is 6.43 Å². The van der Waals surface area contributed by atoms with Crippen molar-refractivity contribution in [1.29, 1.82) is 0 Å². The number of carbonyl (C=O) groups excluding carboxylic acids is 1. The summed E-state index contributed by atoms with van der Waals surface area (Å²) in [7, 11) is 0. The fraction of sp³-hybridized carbons (Fsp3) is 0.0556. The summed E-state index contributed by atoms with van der Waals surface area (Å²) in [6.07, 6.45) is -1.02. The Morgan fingerprint density at radius 2 is 2.00 bits per heavy atom. The quantitative estimate of drug-likeness (QED) is 0.438. The van der Waals surface area contributed by atoms with Crippen molar-refractivity contribution in [3.63, 3.8) is 0 Å². The first kappa shape index (κ1) is 19.1. The molecule has 0 spiro atoms. The lowest BCUT2D eigenvalue weighted by Crippen LogP contribution is -2.10. The molecule has 0 aromatic carbocycles. The Bertz CT molecular complexity index is 1220. The molecule has 0 radical (unpaired) electrons. The third kappa shape index (κ3) is 3.97. The smallest absolute Gasteiger partial charge is 0.346 e. The van der Waals surface area contributed by atoms with Crippen LogP contribution in [0.1, 0.15) is 12.1 Å². The Balaban J connectivity index is 1.71. The Morgan fingerprint density at radius 1 is 1.13 bits per heavy atom. The standard InChI is InChI=1S/C18H12F3N7O2/c19-14(20)11-2-1-3-12(25-11)17-27-15-10(5-7-23-15)16(28-17)24-9-4-6-22-13(8-9)26-18(29)30-21/h1-8,14H,(H3,22,23,24,26,27,28,29). The second-order valence-electron chi connectivity index (χ2n) is 5.93. The Morgan fingerprint density at radius 3 is 2.80 bits per heavy atom. The molecule has 3 N–H and O–H groups in total. The van der Waals surface area contributed by atoms with Crippen molar-refractivity contribution in [3.05, 3.63) is 54.5 Å². The highest BCUT2D eigenvalue weighted by Crippen LogP contribution is 2.27. The van der Waals surface area contributed by atoms with Crippen LogP contribution < -0.4 is 10.6 Å². The molecule has 1 amide bonds. The van der Waals surface area contributed by atoms with Gasteiger partial charge in [0, 0.05) is 28.7 Å². The number of anilines is 3. The number of rotatable bonds is 5. The normalized spacial score (nSPS) is 10.9. The van der Waals surface area contributed by atoms with E-state index in [1.807, 2.05) is 0 Å². The number of H-pyrrole nitrogens is 1. The number of aromatic amines is 1. The van der Waals surface area contributed by atoms with Crippen molar-refractivity contribution in [2.24, 2.45) is 0 Å². The maximum Gasteiger partial charge on any atom is 0.450 e. The number of nitrogens with one attached hydrogen (secondary N) is 3. The van der Waals surface area contributed by atoms with E-state index in [4.69, 9.17) is 0 Å². The lowest BCUT2D eigenvalue weighted by atomic mass is 10.2. The fourth-order valence-electron chi connectivity index (χ4n) is 2.69. The molecule has 0 unspecified atom stereocenters. The number of amides is 1. The largest absolute Gasteiger partial charge is 0.450 e. The summed E-state index contributed by atoms with van der Waals surface area (Å²) in [4.78, 5) is 33.5. The third-order valence-electron chi connectivity index (χ3n) is 3.96. The highest BCUT2D eigenvalue weighted by Gasteiger charge is 2.15. The van der Waals surface area contributed by atoms with Crippen LogP contribution in [0.15, 0.2) is 48.8 Å². The second-order valence-corrected chi connectivity index (χ2v) is 5.93. The molecule has 0 saturated carbocycles. The van der Waals surface area contributed by atoms with Crippen molar-refractivity contribution in [2.45, 2.75) is 6.43 Å². The highest BCUT2D eigenvalue weighted by atomic mass is 19.3.